The van der Waals surface area contributed by atoms with Gasteiger partial charge in [0.1, 0.15) is 17.2 Å². The van der Waals surface area contributed by atoms with Gasteiger partial charge in [-0.05, 0) is 72.0 Å². The first kappa shape index (κ1) is 26.6. The molecule has 0 unspecified atom stereocenters. The fourth-order valence-corrected chi connectivity index (χ4v) is 6.06. The van der Waals surface area contributed by atoms with Crippen molar-refractivity contribution >= 4 is 16.1 Å². The van der Waals surface area contributed by atoms with Crippen molar-refractivity contribution in [2.45, 2.75) is 44.0 Å². The summed E-state index contributed by atoms with van der Waals surface area (Å²) in [7, 11) is -3.17. The van der Waals surface area contributed by atoms with E-state index in [1.165, 1.54) is 18.7 Å². The largest absolute Gasteiger partial charge is 0.495 e. The lowest BCUT2D eigenvalue weighted by Crippen LogP contribution is -2.41. The molecule has 0 saturated heterocycles. The number of carboxylic acids is 1. The molecule has 0 fully saturated rings. The molecule has 1 aromatic heterocycles. The van der Waals surface area contributed by atoms with Crippen LogP contribution in [0.1, 0.15) is 41.3 Å². The number of aromatic nitrogens is 1. The lowest BCUT2D eigenvalue weighted by molar-refractivity contribution is -0.676. The van der Waals surface area contributed by atoms with Crippen LogP contribution in [-0.2, 0) is 29.5 Å². The minimum Gasteiger partial charge on any atom is -0.495 e. The number of carboxylic acid groups (broad SMARTS) is 1. The Balaban J connectivity index is 1.85. The van der Waals surface area contributed by atoms with E-state index in [9.17, 15) is 22.9 Å². The van der Waals surface area contributed by atoms with E-state index in [0.717, 1.165) is 65.9 Å². The van der Waals surface area contributed by atoms with Crippen LogP contribution in [0.5, 0.6) is 5.75 Å². The molecular weight excluding hydrogens is 514 g/mol. The van der Waals surface area contributed by atoms with Gasteiger partial charge in [-0.15, -0.1) is 0 Å². The summed E-state index contributed by atoms with van der Waals surface area (Å²) in [6.07, 6.45) is 3.56. The molecule has 7 nitrogen and oxygen atoms in total. The van der Waals surface area contributed by atoms with Gasteiger partial charge in [0.2, 0.25) is 11.4 Å². The molecule has 0 spiro atoms. The number of hydrogen-bond donors (Lipinski definition) is 2. The van der Waals surface area contributed by atoms with Crippen molar-refractivity contribution in [3.05, 3.63) is 89.5 Å². The molecule has 8 heteroatoms. The predicted octanol–water partition coefficient (Wildman–Crippen LogP) is 5.83. The van der Waals surface area contributed by atoms with Crippen molar-refractivity contribution < 1.29 is 32.2 Å². The number of carbonyl (C=O) groups is 1. The van der Waals surface area contributed by atoms with Crippen molar-refractivity contribution in [1.29, 1.82) is 0 Å². The molecule has 200 valence electrons. The molecule has 1 aliphatic carbocycles. The SMILES string of the molecule is CCCC[n+]1c(-c2ccc(C(=O)O)cc2)cc(-c2ccc(OC)c(S(=O)(=O)O)c2)c2c1-c1ccccc1CC2. The van der Waals surface area contributed by atoms with E-state index >= 15 is 0 Å². The first-order valence-corrected chi connectivity index (χ1v) is 14.3. The fraction of sp³-hybridized carbons (Fsp3) is 0.226. The van der Waals surface area contributed by atoms with Crippen molar-refractivity contribution in [1.82, 2.24) is 0 Å². The van der Waals surface area contributed by atoms with Gasteiger partial charge < -0.3 is 9.84 Å². The Hall–Kier alpha value is -4.01. The number of aryl methyl sites for hydroxylation is 1. The molecule has 0 atom stereocenters. The highest BCUT2D eigenvalue weighted by Gasteiger charge is 2.32. The Bertz CT molecular complexity index is 1680. The van der Waals surface area contributed by atoms with E-state index in [1.807, 2.05) is 30.3 Å². The standard InChI is InChI=1S/C31H29NO6S/c1-3-4-17-32-27(21-9-11-22(12-10-21)31(33)34)19-26(23-14-16-28(38-2)29(18-23)39(35,36)37)25-15-13-20-7-5-6-8-24(20)30(25)32/h5-12,14,16,18-19H,3-4,13,15,17H2,1-2H3,(H-,33,34,35,36,37)/p+1. The Morgan fingerprint density at radius 2 is 1.67 bits per heavy atom. The highest BCUT2D eigenvalue weighted by molar-refractivity contribution is 7.86. The molecule has 0 amide bonds. The molecule has 4 aromatic rings. The molecule has 0 saturated carbocycles. The summed E-state index contributed by atoms with van der Waals surface area (Å²) in [6, 6.07) is 22.0. The molecule has 5 rings (SSSR count). The zero-order valence-corrected chi connectivity index (χ0v) is 22.7. The fourth-order valence-electron chi connectivity index (χ4n) is 5.38. The number of nitrogens with zero attached hydrogens (tertiary/aromatic N) is 1. The van der Waals surface area contributed by atoms with Crippen molar-refractivity contribution in [3.63, 3.8) is 0 Å². The van der Waals surface area contributed by atoms with E-state index in [1.54, 1.807) is 24.3 Å². The molecule has 0 aliphatic heterocycles. The summed E-state index contributed by atoms with van der Waals surface area (Å²) in [4.78, 5) is 11.2. The number of rotatable bonds is 8. The van der Waals surface area contributed by atoms with E-state index < -0.39 is 16.1 Å². The predicted molar refractivity (Wildman–Crippen MR) is 149 cm³/mol. The summed E-state index contributed by atoms with van der Waals surface area (Å²) in [5.41, 5.74) is 8.00. The topological polar surface area (TPSA) is 105 Å². The van der Waals surface area contributed by atoms with Gasteiger partial charge in [0.15, 0.2) is 0 Å². The normalized spacial score (nSPS) is 12.5. The Morgan fingerprint density at radius 3 is 2.33 bits per heavy atom. The average molecular weight is 545 g/mol. The van der Waals surface area contributed by atoms with Gasteiger partial charge in [-0.2, -0.15) is 13.0 Å². The number of hydrogen-bond acceptors (Lipinski definition) is 4. The van der Waals surface area contributed by atoms with Gasteiger partial charge in [-0.1, -0.05) is 37.6 Å². The number of unbranched alkanes of at least 4 members (excludes halogenated alkanes) is 1. The number of ether oxygens (including phenoxy) is 1. The van der Waals surface area contributed by atoms with Crippen molar-refractivity contribution in [3.8, 4) is 39.4 Å². The number of fused-ring (bicyclic) bond motifs is 3. The average Bonchev–Trinajstić information content (AvgIpc) is 2.94. The lowest BCUT2D eigenvalue weighted by atomic mass is 9.83. The van der Waals surface area contributed by atoms with Gasteiger partial charge in [-0.3, -0.25) is 4.55 Å². The van der Waals surface area contributed by atoms with Crippen LogP contribution in [0.4, 0.5) is 0 Å². The van der Waals surface area contributed by atoms with Crippen LogP contribution >= 0.6 is 0 Å². The minimum atomic E-state index is -4.53. The number of aromatic carboxylic acids is 1. The second-order valence-corrected chi connectivity index (χ2v) is 11.0. The monoisotopic (exact) mass is 544 g/mol. The molecule has 39 heavy (non-hydrogen) atoms. The Morgan fingerprint density at radius 1 is 0.949 bits per heavy atom. The minimum absolute atomic E-state index is 0.0684. The van der Waals surface area contributed by atoms with Gasteiger partial charge in [0, 0.05) is 29.2 Å². The van der Waals surface area contributed by atoms with Gasteiger partial charge in [0.05, 0.1) is 12.7 Å². The quantitative estimate of drug-likeness (QED) is 0.214. The maximum atomic E-state index is 12.2. The smallest absolute Gasteiger partial charge is 0.335 e. The molecule has 3 aromatic carbocycles. The highest BCUT2D eigenvalue weighted by Crippen LogP contribution is 2.40. The number of methoxy groups -OCH3 is 1. The van der Waals surface area contributed by atoms with Crippen LogP contribution in [0.15, 0.2) is 77.7 Å². The second kappa shape index (κ2) is 10.6. The molecule has 0 bridgehead atoms. The van der Waals surface area contributed by atoms with E-state index in [-0.39, 0.29) is 16.2 Å². The second-order valence-electron chi connectivity index (χ2n) is 9.66. The summed E-state index contributed by atoms with van der Waals surface area (Å²) >= 11 is 0. The summed E-state index contributed by atoms with van der Waals surface area (Å²) in [6.45, 7) is 2.91. The maximum Gasteiger partial charge on any atom is 0.335 e. The summed E-state index contributed by atoms with van der Waals surface area (Å²) in [5, 5.41) is 9.43. The molecule has 0 radical (unpaired) electrons. The molecule has 1 heterocycles. The van der Waals surface area contributed by atoms with Crippen LogP contribution in [0, 0.1) is 0 Å². The van der Waals surface area contributed by atoms with Crippen LogP contribution in [-0.4, -0.2) is 31.2 Å². The summed E-state index contributed by atoms with van der Waals surface area (Å²) < 4.78 is 41.9. The number of pyridine rings is 1. The van der Waals surface area contributed by atoms with Crippen molar-refractivity contribution in [2.75, 3.05) is 7.11 Å². The van der Waals surface area contributed by atoms with Gasteiger partial charge in [0.25, 0.3) is 10.1 Å². The number of benzene rings is 3. The van der Waals surface area contributed by atoms with Crippen molar-refractivity contribution in [2.24, 2.45) is 0 Å². The molecular formula is C31H30NO6S+. The third kappa shape index (κ3) is 5.05. The maximum absolute atomic E-state index is 12.2. The van der Waals surface area contributed by atoms with Gasteiger partial charge in [-0.25, -0.2) is 4.79 Å². The molecule has 2 N–H and O–H groups in total. The zero-order chi connectivity index (χ0) is 27.7. The first-order chi connectivity index (χ1) is 18.7. The van der Waals surface area contributed by atoms with Crippen LogP contribution in [0.3, 0.4) is 0 Å². The molecule has 1 aliphatic rings. The van der Waals surface area contributed by atoms with E-state index in [2.05, 4.69) is 23.6 Å². The van der Waals surface area contributed by atoms with Crippen LogP contribution < -0.4 is 9.30 Å². The Kier molecular flexibility index (Phi) is 7.25. The third-order valence-electron chi connectivity index (χ3n) is 7.28. The lowest BCUT2D eigenvalue weighted by Gasteiger charge is -2.23. The summed E-state index contributed by atoms with van der Waals surface area (Å²) in [5.74, 6) is -0.921. The van der Waals surface area contributed by atoms with E-state index in [4.69, 9.17) is 4.74 Å². The van der Waals surface area contributed by atoms with Crippen LogP contribution in [0.2, 0.25) is 0 Å². The van der Waals surface area contributed by atoms with Gasteiger partial charge >= 0.3 is 5.97 Å². The highest BCUT2D eigenvalue weighted by atomic mass is 32.2. The zero-order valence-electron chi connectivity index (χ0n) is 21.8. The van der Waals surface area contributed by atoms with Crippen LogP contribution in [0.25, 0.3) is 33.6 Å². The van der Waals surface area contributed by atoms with E-state index in [0.29, 0.717) is 5.56 Å². The Labute approximate surface area is 228 Å². The first-order valence-electron chi connectivity index (χ1n) is 12.9. The third-order valence-corrected chi connectivity index (χ3v) is 8.16.